The van der Waals surface area contributed by atoms with Gasteiger partial charge in [0, 0.05) is 17.7 Å². The van der Waals surface area contributed by atoms with E-state index in [2.05, 4.69) is 15.6 Å². The standard InChI is InChI=1S/C17H15N5O3/c18-16(24)11-4-3-5-12(10-11)19-15(23)8-9-22-17(25)13-6-1-2-7-14(13)20-21-22/h1-7,10H,8-9H2,(H2,18,24)(H,19,23). The van der Waals surface area contributed by atoms with Crippen LogP contribution in [-0.2, 0) is 11.3 Å². The first kappa shape index (κ1) is 16.3. The predicted octanol–water partition coefficient (Wildman–Crippen LogP) is 0.919. The van der Waals surface area contributed by atoms with Crippen LogP contribution in [0.2, 0.25) is 0 Å². The van der Waals surface area contributed by atoms with Crippen LogP contribution in [0, 0.1) is 0 Å². The van der Waals surface area contributed by atoms with Gasteiger partial charge in [0.1, 0.15) is 5.52 Å². The van der Waals surface area contributed by atoms with Crippen molar-refractivity contribution in [2.75, 3.05) is 5.32 Å². The SMILES string of the molecule is NC(=O)c1cccc(NC(=O)CCn2nnc3ccccc3c2=O)c1. The third kappa shape index (κ3) is 3.69. The van der Waals surface area contributed by atoms with Gasteiger partial charge in [0.2, 0.25) is 11.8 Å². The molecule has 0 radical (unpaired) electrons. The number of carbonyl (C=O) groups is 2. The number of primary amides is 1. The van der Waals surface area contributed by atoms with Crippen molar-refractivity contribution in [1.82, 2.24) is 15.0 Å². The fraction of sp³-hybridized carbons (Fsp3) is 0.118. The topological polar surface area (TPSA) is 120 Å². The second-order valence-electron chi connectivity index (χ2n) is 5.38. The van der Waals surface area contributed by atoms with Crippen LogP contribution in [0.25, 0.3) is 10.9 Å². The molecule has 0 bridgehead atoms. The van der Waals surface area contributed by atoms with Crippen LogP contribution in [0.1, 0.15) is 16.8 Å². The Balaban J connectivity index is 1.68. The molecule has 8 heteroatoms. The summed E-state index contributed by atoms with van der Waals surface area (Å²) in [4.78, 5) is 35.5. The molecule has 3 aromatic rings. The highest BCUT2D eigenvalue weighted by atomic mass is 16.2. The van der Waals surface area contributed by atoms with Gasteiger partial charge in [0.05, 0.1) is 11.9 Å². The summed E-state index contributed by atoms with van der Waals surface area (Å²) in [6.07, 6.45) is 0.0354. The molecular weight excluding hydrogens is 322 g/mol. The molecule has 3 N–H and O–H groups in total. The molecule has 0 saturated carbocycles. The number of nitrogens with zero attached hydrogens (tertiary/aromatic N) is 3. The third-order valence-electron chi connectivity index (χ3n) is 3.61. The van der Waals surface area contributed by atoms with E-state index in [-0.39, 0.29) is 24.4 Å². The summed E-state index contributed by atoms with van der Waals surface area (Å²) >= 11 is 0. The van der Waals surface area contributed by atoms with E-state index in [0.717, 1.165) is 4.68 Å². The Bertz CT molecular complexity index is 1010. The van der Waals surface area contributed by atoms with Crippen molar-refractivity contribution >= 4 is 28.4 Å². The zero-order chi connectivity index (χ0) is 17.8. The lowest BCUT2D eigenvalue weighted by Gasteiger charge is -2.07. The maximum atomic E-state index is 12.3. The highest BCUT2D eigenvalue weighted by Gasteiger charge is 2.09. The average molecular weight is 337 g/mol. The van der Waals surface area contributed by atoms with Crippen molar-refractivity contribution in [2.45, 2.75) is 13.0 Å². The molecule has 0 fully saturated rings. The monoisotopic (exact) mass is 337 g/mol. The second kappa shape index (κ2) is 6.91. The normalized spacial score (nSPS) is 10.6. The summed E-state index contributed by atoms with van der Waals surface area (Å²) in [7, 11) is 0. The third-order valence-corrected chi connectivity index (χ3v) is 3.61. The summed E-state index contributed by atoms with van der Waals surface area (Å²) in [5.41, 5.74) is 6.18. The summed E-state index contributed by atoms with van der Waals surface area (Å²) in [6.45, 7) is 0.0952. The van der Waals surface area contributed by atoms with Crippen molar-refractivity contribution in [2.24, 2.45) is 5.73 Å². The van der Waals surface area contributed by atoms with Crippen LogP contribution >= 0.6 is 0 Å². The Morgan fingerprint density at radius 2 is 1.92 bits per heavy atom. The molecule has 0 aliphatic heterocycles. The van der Waals surface area contributed by atoms with E-state index in [1.807, 2.05) is 0 Å². The van der Waals surface area contributed by atoms with Crippen molar-refractivity contribution in [3.05, 3.63) is 64.4 Å². The van der Waals surface area contributed by atoms with Gasteiger partial charge in [-0.1, -0.05) is 23.4 Å². The number of nitrogens with two attached hydrogens (primary N) is 1. The van der Waals surface area contributed by atoms with Gasteiger partial charge in [0.25, 0.3) is 5.56 Å². The van der Waals surface area contributed by atoms with E-state index in [1.165, 1.54) is 6.07 Å². The van der Waals surface area contributed by atoms with Gasteiger partial charge in [-0.25, -0.2) is 4.68 Å². The van der Waals surface area contributed by atoms with Crippen LogP contribution < -0.4 is 16.6 Å². The van der Waals surface area contributed by atoms with E-state index in [9.17, 15) is 14.4 Å². The van der Waals surface area contributed by atoms with Crippen molar-refractivity contribution < 1.29 is 9.59 Å². The number of hydrogen-bond acceptors (Lipinski definition) is 5. The first-order chi connectivity index (χ1) is 12.0. The fourth-order valence-corrected chi connectivity index (χ4v) is 2.35. The predicted molar refractivity (Wildman–Crippen MR) is 92.0 cm³/mol. The number of aryl methyl sites for hydroxylation is 1. The zero-order valence-corrected chi connectivity index (χ0v) is 13.2. The molecule has 0 aliphatic rings. The molecule has 1 heterocycles. The molecule has 0 aliphatic carbocycles. The second-order valence-corrected chi connectivity index (χ2v) is 5.38. The van der Waals surface area contributed by atoms with Crippen LogP contribution in [-0.4, -0.2) is 26.8 Å². The van der Waals surface area contributed by atoms with Crippen molar-refractivity contribution in [3.8, 4) is 0 Å². The van der Waals surface area contributed by atoms with E-state index in [1.54, 1.807) is 42.5 Å². The first-order valence-electron chi connectivity index (χ1n) is 7.57. The fourth-order valence-electron chi connectivity index (χ4n) is 2.35. The number of carbonyl (C=O) groups excluding carboxylic acids is 2. The number of fused-ring (bicyclic) bond motifs is 1. The first-order valence-corrected chi connectivity index (χ1v) is 7.57. The average Bonchev–Trinajstić information content (AvgIpc) is 2.61. The number of aromatic nitrogens is 3. The molecule has 0 atom stereocenters. The van der Waals surface area contributed by atoms with Gasteiger partial charge in [-0.05, 0) is 30.3 Å². The highest BCUT2D eigenvalue weighted by molar-refractivity contribution is 5.96. The number of nitrogens with one attached hydrogen (secondary N) is 1. The zero-order valence-electron chi connectivity index (χ0n) is 13.2. The molecule has 0 spiro atoms. The Kier molecular flexibility index (Phi) is 4.51. The molecule has 2 aromatic carbocycles. The molecule has 126 valence electrons. The summed E-state index contributed by atoms with van der Waals surface area (Å²) in [6, 6.07) is 13.2. The van der Waals surface area contributed by atoms with Gasteiger partial charge >= 0.3 is 0 Å². The Labute approximate surface area is 142 Å². The molecule has 3 rings (SSSR count). The Morgan fingerprint density at radius 3 is 2.72 bits per heavy atom. The summed E-state index contributed by atoms with van der Waals surface area (Å²) < 4.78 is 1.15. The Hall–Kier alpha value is -3.55. The maximum Gasteiger partial charge on any atom is 0.277 e. The van der Waals surface area contributed by atoms with E-state index in [0.29, 0.717) is 22.2 Å². The number of anilines is 1. The minimum absolute atomic E-state index is 0.0354. The smallest absolute Gasteiger partial charge is 0.277 e. The van der Waals surface area contributed by atoms with Crippen LogP contribution in [0.15, 0.2) is 53.3 Å². The minimum atomic E-state index is -0.575. The van der Waals surface area contributed by atoms with E-state index < -0.39 is 5.91 Å². The molecule has 25 heavy (non-hydrogen) atoms. The lowest BCUT2D eigenvalue weighted by atomic mass is 10.2. The highest BCUT2D eigenvalue weighted by Crippen LogP contribution is 2.10. The van der Waals surface area contributed by atoms with Crippen LogP contribution in [0.5, 0.6) is 0 Å². The minimum Gasteiger partial charge on any atom is -0.366 e. The van der Waals surface area contributed by atoms with Gasteiger partial charge in [-0.15, -0.1) is 5.10 Å². The van der Waals surface area contributed by atoms with Crippen LogP contribution in [0.4, 0.5) is 5.69 Å². The van der Waals surface area contributed by atoms with E-state index in [4.69, 9.17) is 5.73 Å². The van der Waals surface area contributed by atoms with Gasteiger partial charge in [-0.2, -0.15) is 0 Å². The largest absolute Gasteiger partial charge is 0.366 e. The summed E-state index contributed by atoms with van der Waals surface area (Å²) in [5.74, 6) is -0.891. The Morgan fingerprint density at radius 1 is 1.12 bits per heavy atom. The van der Waals surface area contributed by atoms with Crippen LogP contribution in [0.3, 0.4) is 0 Å². The summed E-state index contributed by atoms with van der Waals surface area (Å²) in [5, 5.41) is 10.9. The lowest BCUT2D eigenvalue weighted by Crippen LogP contribution is -2.26. The van der Waals surface area contributed by atoms with Crippen molar-refractivity contribution in [1.29, 1.82) is 0 Å². The number of amides is 2. The van der Waals surface area contributed by atoms with E-state index >= 15 is 0 Å². The number of benzene rings is 2. The number of rotatable bonds is 5. The quantitative estimate of drug-likeness (QED) is 0.717. The molecule has 2 amide bonds. The lowest BCUT2D eigenvalue weighted by molar-refractivity contribution is -0.116. The maximum absolute atomic E-state index is 12.3. The molecule has 8 nitrogen and oxygen atoms in total. The van der Waals surface area contributed by atoms with Crippen molar-refractivity contribution in [3.63, 3.8) is 0 Å². The molecule has 0 unspecified atom stereocenters. The molecular formula is C17H15N5O3. The van der Waals surface area contributed by atoms with Gasteiger partial charge in [-0.3, -0.25) is 14.4 Å². The van der Waals surface area contributed by atoms with Gasteiger partial charge in [0.15, 0.2) is 0 Å². The molecule has 0 saturated heterocycles. The molecule has 1 aromatic heterocycles. The number of hydrogen-bond donors (Lipinski definition) is 2. The van der Waals surface area contributed by atoms with Gasteiger partial charge < -0.3 is 11.1 Å².